The molecule has 1 aromatic carbocycles. The number of aryl methyl sites for hydroxylation is 1. The summed E-state index contributed by atoms with van der Waals surface area (Å²) in [4.78, 5) is 2.32. The van der Waals surface area contributed by atoms with Gasteiger partial charge in [0.1, 0.15) is 0 Å². The molecular formula is C14H23ClN2O. The zero-order valence-corrected chi connectivity index (χ0v) is 12.4. The van der Waals surface area contributed by atoms with Gasteiger partial charge in [-0.2, -0.15) is 0 Å². The Morgan fingerprint density at radius 1 is 1.44 bits per heavy atom. The van der Waals surface area contributed by atoms with E-state index in [0.717, 1.165) is 24.2 Å². The molecular weight excluding hydrogens is 248 g/mol. The lowest BCUT2D eigenvalue weighted by Crippen LogP contribution is -2.36. The minimum absolute atomic E-state index is 0.443. The summed E-state index contributed by atoms with van der Waals surface area (Å²) in [5.74, 6) is 0. The van der Waals surface area contributed by atoms with E-state index < -0.39 is 0 Å². The molecule has 2 N–H and O–H groups in total. The Morgan fingerprint density at radius 2 is 2.11 bits per heavy atom. The standard InChI is InChI=1S/C14H23ClN2O/c1-5-11(3)17(6-7-18-4)14-9-12(15)13(16)8-10(14)2/h8-9,11H,5-7,16H2,1-4H3. The quantitative estimate of drug-likeness (QED) is 0.805. The van der Waals surface area contributed by atoms with E-state index in [-0.39, 0.29) is 0 Å². The van der Waals surface area contributed by atoms with Gasteiger partial charge in [0.25, 0.3) is 0 Å². The van der Waals surface area contributed by atoms with Crippen molar-refractivity contribution in [2.75, 3.05) is 30.9 Å². The van der Waals surface area contributed by atoms with Crippen molar-refractivity contribution in [2.45, 2.75) is 33.2 Å². The predicted molar refractivity (Wildman–Crippen MR) is 79.6 cm³/mol. The fraction of sp³-hybridized carbons (Fsp3) is 0.571. The molecule has 0 fully saturated rings. The monoisotopic (exact) mass is 270 g/mol. The lowest BCUT2D eigenvalue weighted by molar-refractivity contribution is 0.203. The van der Waals surface area contributed by atoms with E-state index >= 15 is 0 Å². The first-order valence-corrected chi connectivity index (χ1v) is 6.70. The number of halogens is 1. The molecule has 0 radical (unpaired) electrons. The number of nitrogens with zero attached hydrogens (tertiary/aromatic N) is 1. The maximum absolute atomic E-state index is 6.13. The van der Waals surface area contributed by atoms with E-state index in [9.17, 15) is 0 Å². The second-order valence-electron chi connectivity index (χ2n) is 4.60. The van der Waals surface area contributed by atoms with Crippen LogP contribution in [-0.2, 0) is 4.74 Å². The molecule has 0 saturated heterocycles. The van der Waals surface area contributed by atoms with Crippen molar-refractivity contribution in [3.05, 3.63) is 22.7 Å². The topological polar surface area (TPSA) is 38.5 Å². The largest absolute Gasteiger partial charge is 0.398 e. The Balaban J connectivity index is 3.07. The highest BCUT2D eigenvalue weighted by Gasteiger charge is 2.16. The summed E-state index contributed by atoms with van der Waals surface area (Å²) in [6.07, 6.45) is 1.07. The molecule has 102 valence electrons. The highest BCUT2D eigenvalue weighted by Crippen LogP contribution is 2.30. The summed E-state index contributed by atoms with van der Waals surface area (Å²) in [5, 5.41) is 0.612. The van der Waals surface area contributed by atoms with Gasteiger partial charge in [0.2, 0.25) is 0 Å². The Hall–Kier alpha value is -0.930. The maximum Gasteiger partial charge on any atom is 0.0656 e. The van der Waals surface area contributed by atoms with Crippen LogP contribution in [-0.4, -0.2) is 26.3 Å². The van der Waals surface area contributed by atoms with Crippen LogP contribution in [0.2, 0.25) is 5.02 Å². The van der Waals surface area contributed by atoms with E-state index in [4.69, 9.17) is 22.1 Å². The lowest BCUT2D eigenvalue weighted by Gasteiger charge is -2.32. The molecule has 1 rings (SSSR count). The second-order valence-corrected chi connectivity index (χ2v) is 5.01. The van der Waals surface area contributed by atoms with Crippen LogP contribution in [0.3, 0.4) is 0 Å². The van der Waals surface area contributed by atoms with Gasteiger partial charge in [0, 0.05) is 25.4 Å². The van der Waals surface area contributed by atoms with E-state index in [1.54, 1.807) is 7.11 Å². The zero-order valence-electron chi connectivity index (χ0n) is 11.7. The fourth-order valence-electron chi connectivity index (χ4n) is 1.99. The molecule has 0 bridgehead atoms. The third kappa shape index (κ3) is 3.53. The number of nitrogen functional groups attached to an aromatic ring is 1. The summed E-state index contributed by atoms with van der Waals surface area (Å²) in [6, 6.07) is 4.33. The molecule has 1 atom stereocenters. The molecule has 0 amide bonds. The van der Waals surface area contributed by atoms with Crippen LogP contribution in [0.1, 0.15) is 25.8 Å². The zero-order chi connectivity index (χ0) is 13.7. The molecule has 3 nitrogen and oxygen atoms in total. The second kappa shape index (κ2) is 6.86. The van der Waals surface area contributed by atoms with Gasteiger partial charge in [-0.1, -0.05) is 18.5 Å². The summed E-state index contributed by atoms with van der Waals surface area (Å²) < 4.78 is 5.18. The average molecular weight is 271 g/mol. The molecule has 0 spiro atoms. The number of rotatable bonds is 6. The Kier molecular flexibility index (Phi) is 5.76. The van der Waals surface area contributed by atoms with Crippen molar-refractivity contribution < 1.29 is 4.74 Å². The van der Waals surface area contributed by atoms with Gasteiger partial charge in [0.15, 0.2) is 0 Å². The number of methoxy groups -OCH3 is 1. The first kappa shape index (κ1) is 15.1. The van der Waals surface area contributed by atoms with Crippen molar-refractivity contribution >= 4 is 23.0 Å². The third-order valence-electron chi connectivity index (χ3n) is 3.28. The van der Waals surface area contributed by atoms with Gasteiger partial charge < -0.3 is 15.4 Å². The van der Waals surface area contributed by atoms with Gasteiger partial charge in [0.05, 0.1) is 17.3 Å². The molecule has 1 aromatic rings. The normalized spacial score (nSPS) is 12.5. The summed E-state index contributed by atoms with van der Waals surface area (Å²) in [7, 11) is 1.72. The SMILES string of the molecule is CCC(C)N(CCOC)c1cc(Cl)c(N)cc1C. The van der Waals surface area contributed by atoms with Crippen LogP contribution in [0.25, 0.3) is 0 Å². The van der Waals surface area contributed by atoms with Crippen molar-refractivity contribution in [1.82, 2.24) is 0 Å². The highest BCUT2D eigenvalue weighted by atomic mass is 35.5. The van der Waals surface area contributed by atoms with Gasteiger partial charge >= 0.3 is 0 Å². The number of nitrogens with two attached hydrogens (primary N) is 1. The minimum atomic E-state index is 0.443. The molecule has 0 heterocycles. The summed E-state index contributed by atoms with van der Waals surface area (Å²) in [5.41, 5.74) is 8.74. The third-order valence-corrected chi connectivity index (χ3v) is 3.61. The van der Waals surface area contributed by atoms with Crippen LogP contribution in [0, 0.1) is 6.92 Å². The van der Waals surface area contributed by atoms with Gasteiger partial charge in [-0.05, 0) is 38.0 Å². The summed E-state index contributed by atoms with van der Waals surface area (Å²) >= 11 is 6.13. The van der Waals surface area contributed by atoms with Crippen LogP contribution < -0.4 is 10.6 Å². The van der Waals surface area contributed by atoms with Gasteiger partial charge in [-0.3, -0.25) is 0 Å². The molecule has 0 aliphatic rings. The smallest absolute Gasteiger partial charge is 0.0656 e. The van der Waals surface area contributed by atoms with E-state index in [2.05, 4.69) is 25.7 Å². The fourth-order valence-corrected chi connectivity index (χ4v) is 2.15. The van der Waals surface area contributed by atoms with Crippen LogP contribution in [0.5, 0.6) is 0 Å². The molecule has 1 unspecified atom stereocenters. The lowest BCUT2D eigenvalue weighted by atomic mass is 10.1. The van der Waals surface area contributed by atoms with E-state index in [1.807, 2.05) is 12.1 Å². The van der Waals surface area contributed by atoms with Crippen molar-refractivity contribution in [3.63, 3.8) is 0 Å². The Labute approximate surface area is 115 Å². The van der Waals surface area contributed by atoms with E-state index in [0.29, 0.717) is 23.4 Å². The van der Waals surface area contributed by atoms with E-state index in [1.165, 1.54) is 0 Å². The molecule has 4 heteroatoms. The molecule has 18 heavy (non-hydrogen) atoms. The van der Waals surface area contributed by atoms with Crippen LogP contribution in [0.15, 0.2) is 12.1 Å². The Morgan fingerprint density at radius 3 is 2.67 bits per heavy atom. The molecule has 0 aliphatic heterocycles. The van der Waals surface area contributed by atoms with Crippen LogP contribution in [0.4, 0.5) is 11.4 Å². The number of hydrogen-bond donors (Lipinski definition) is 1. The van der Waals surface area contributed by atoms with Crippen LogP contribution >= 0.6 is 11.6 Å². The van der Waals surface area contributed by atoms with Gasteiger partial charge in [-0.25, -0.2) is 0 Å². The molecule has 0 aromatic heterocycles. The van der Waals surface area contributed by atoms with Gasteiger partial charge in [-0.15, -0.1) is 0 Å². The Bertz CT molecular complexity index is 396. The number of benzene rings is 1. The predicted octanol–water partition coefficient (Wildman–Crippen LogP) is 3.48. The first-order chi connectivity index (χ1) is 8.51. The maximum atomic E-state index is 6.13. The molecule has 0 aliphatic carbocycles. The van der Waals surface area contributed by atoms with Crippen molar-refractivity contribution in [2.24, 2.45) is 0 Å². The highest BCUT2D eigenvalue weighted by molar-refractivity contribution is 6.33. The number of ether oxygens (including phenoxy) is 1. The van der Waals surface area contributed by atoms with Crippen molar-refractivity contribution in [1.29, 1.82) is 0 Å². The molecule has 0 saturated carbocycles. The number of hydrogen-bond acceptors (Lipinski definition) is 3. The van der Waals surface area contributed by atoms with Crippen molar-refractivity contribution in [3.8, 4) is 0 Å². The number of anilines is 2. The average Bonchev–Trinajstić information content (AvgIpc) is 2.35. The first-order valence-electron chi connectivity index (χ1n) is 6.32. The summed E-state index contributed by atoms with van der Waals surface area (Å²) in [6.45, 7) is 8.00. The minimum Gasteiger partial charge on any atom is -0.398 e.